The Labute approximate surface area is 96.8 Å². The molecule has 1 aromatic rings. The average molecular weight is 241 g/mol. The molecule has 0 bridgehead atoms. The fourth-order valence-corrected chi connectivity index (χ4v) is 1.63. The van der Waals surface area contributed by atoms with Gasteiger partial charge in [0.15, 0.2) is 0 Å². The number of benzene rings is 1. The zero-order valence-corrected chi connectivity index (χ0v) is 9.00. The molecule has 0 amide bonds. The first-order valence-electron chi connectivity index (χ1n) is 4.55. The standard InChI is InChI=1S/C10H10ClFN4/c11-6-1-2-8(12)7(5-6)10(14)15-4-3-9(13)16-10/h1-5,15H,14H2,(H2,13,16). The Hall–Kier alpha value is -1.59. The van der Waals surface area contributed by atoms with E-state index in [1.54, 1.807) is 0 Å². The molecule has 4 nitrogen and oxygen atoms in total. The summed E-state index contributed by atoms with van der Waals surface area (Å²) in [5, 5.41) is 3.12. The van der Waals surface area contributed by atoms with Crippen molar-refractivity contribution in [2.24, 2.45) is 16.5 Å². The maximum absolute atomic E-state index is 13.6. The van der Waals surface area contributed by atoms with Crippen LogP contribution >= 0.6 is 11.6 Å². The fraction of sp³-hybridized carbons (Fsp3) is 0.100. The van der Waals surface area contributed by atoms with Gasteiger partial charge >= 0.3 is 0 Å². The molecule has 1 aromatic carbocycles. The quantitative estimate of drug-likeness (QED) is 0.686. The first-order valence-corrected chi connectivity index (χ1v) is 4.93. The molecule has 1 aliphatic rings. The van der Waals surface area contributed by atoms with Crippen molar-refractivity contribution >= 4 is 17.4 Å². The summed E-state index contributed by atoms with van der Waals surface area (Å²) in [6, 6.07) is 4.09. The molecule has 0 saturated heterocycles. The van der Waals surface area contributed by atoms with Gasteiger partial charge in [-0.25, -0.2) is 9.38 Å². The van der Waals surface area contributed by atoms with E-state index in [4.69, 9.17) is 23.1 Å². The van der Waals surface area contributed by atoms with Gasteiger partial charge in [-0.3, -0.25) is 5.73 Å². The molecule has 84 valence electrons. The smallest absolute Gasteiger partial charge is 0.213 e. The van der Waals surface area contributed by atoms with Gasteiger partial charge in [-0.05, 0) is 24.3 Å². The molecule has 5 N–H and O–H groups in total. The second-order valence-corrected chi connectivity index (χ2v) is 3.84. The lowest BCUT2D eigenvalue weighted by atomic mass is 10.1. The number of rotatable bonds is 1. The van der Waals surface area contributed by atoms with E-state index >= 15 is 0 Å². The lowest BCUT2D eigenvalue weighted by molar-refractivity contribution is 0.389. The van der Waals surface area contributed by atoms with E-state index in [1.807, 2.05) is 0 Å². The first-order chi connectivity index (χ1) is 7.51. The van der Waals surface area contributed by atoms with Gasteiger partial charge in [-0.15, -0.1) is 0 Å². The Balaban J connectivity index is 2.51. The summed E-state index contributed by atoms with van der Waals surface area (Å²) in [4.78, 5) is 3.96. The molecule has 0 saturated carbocycles. The summed E-state index contributed by atoms with van der Waals surface area (Å²) in [7, 11) is 0. The third-order valence-electron chi connectivity index (χ3n) is 2.20. The number of halogens is 2. The number of hydrogen-bond acceptors (Lipinski definition) is 4. The molecule has 0 spiro atoms. The molecule has 0 fully saturated rings. The molecule has 0 radical (unpaired) electrons. The number of aliphatic imine (C=N–C) groups is 1. The highest BCUT2D eigenvalue weighted by atomic mass is 35.5. The molecule has 1 unspecified atom stereocenters. The summed E-state index contributed by atoms with van der Waals surface area (Å²) in [6.45, 7) is 0. The molecule has 0 aliphatic carbocycles. The van der Waals surface area contributed by atoms with Crippen molar-refractivity contribution in [3.63, 3.8) is 0 Å². The number of hydrogen-bond donors (Lipinski definition) is 3. The van der Waals surface area contributed by atoms with Crippen LogP contribution in [0.15, 0.2) is 35.5 Å². The van der Waals surface area contributed by atoms with Gasteiger partial charge in [0.2, 0.25) is 5.79 Å². The van der Waals surface area contributed by atoms with E-state index in [0.717, 1.165) is 0 Å². The number of nitrogens with zero attached hydrogens (tertiary/aromatic N) is 1. The molecule has 1 atom stereocenters. The molecule has 6 heteroatoms. The van der Waals surface area contributed by atoms with E-state index in [-0.39, 0.29) is 11.4 Å². The van der Waals surface area contributed by atoms with Crippen LogP contribution in [0.5, 0.6) is 0 Å². The highest BCUT2D eigenvalue weighted by molar-refractivity contribution is 6.30. The van der Waals surface area contributed by atoms with Crippen LogP contribution in [0.2, 0.25) is 5.02 Å². The monoisotopic (exact) mass is 240 g/mol. The minimum Gasteiger partial charge on any atom is -0.384 e. The summed E-state index contributed by atoms with van der Waals surface area (Å²) >= 11 is 5.79. The van der Waals surface area contributed by atoms with E-state index in [1.165, 1.54) is 30.5 Å². The Morgan fingerprint density at radius 3 is 2.88 bits per heavy atom. The molecular weight excluding hydrogens is 231 g/mol. The van der Waals surface area contributed by atoms with Crippen molar-refractivity contribution < 1.29 is 4.39 Å². The molecule has 16 heavy (non-hydrogen) atoms. The van der Waals surface area contributed by atoms with Crippen LogP contribution in [0.1, 0.15) is 5.56 Å². The largest absolute Gasteiger partial charge is 0.384 e. The predicted octanol–water partition coefficient (Wildman–Crippen LogP) is 1.02. The summed E-state index contributed by atoms with van der Waals surface area (Å²) in [5.74, 6) is -1.68. The van der Waals surface area contributed by atoms with Crippen LogP contribution in [-0.4, -0.2) is 5.84 Å². The molecule has 2 rings (SSSR count). The maximum atomic E-state index is 13.6. The Morgan fingerprint density at radius 1 is 1.44 bits per heavy atom. The summed E-state index contributed by atoms with van der Waals surface area (Å²) in [6.07, 6.45) is 3.05. The van der Waals surface area contributed by atoms with Crippen LogP contribution in [0, 0.1) is 5.82 Å². The van der Waals surface area contributed by atoms with Crippen molar-refractivity contribution in [1.29, 1.82) is 0 Å². The number of nitrogens with two attached hydrogens (primary N) is 2. The zero-order chi connectivity index (χ0) is 11.8. The van der Waals surface area contributed by atoms with Crippen LogP contribution in [0.25, 0.3) is 0 Å². The van der Waals surface area contributed by atoms with Gasteiger partial charge in [0.25, 0.3) is 0 Å². The first kappa shape index (κ1) is 10.9. The van der Waals surface area contributed by atoms with E-state index in [2.05, 4.69) is 10.3 Å². The van der Waals surface area contributed by atoms with E-state index in [9.17, 15) is 4.39 Å². The van der Waals surface area contributed by atoms with Crippen LogP contribution in [0.4, 0.5) is 4.39 Å². The second-order valence-electron chi connectivity index (χ2n) is 3.40. The topological polar surface area (TPSA) is 76.4 Å². The van der Waals surface area contributed by atoms with Gasteiger partial charge in [0.1, 0.15) is 11.7 Å². The van der Waals surface area contributed by atoms with Gasteiger partial charge in [0.05, 0.1) is 5.56 Å². The zero-order valence-electron chi connectivity index (χ0n) is 8.24. The van der Waals surface area contributed by atoms with Crippen molar-refractivity contribution in [2.75, 3.05) is 0 Å². The lowest BCUT2D eigenvalue weighted by Gasteiger charge is -2.29. The normalized spacial score (nSPS) is 23.8. The Morgan fingerprint density at radius 2 is 2.19 bits per heavy atom. The summed E-state index contributed by atoms with van der Waals surface area (Å²) in [5.41, 5.74) is 11.6. The minimum atomic E-state index is -1.41. The SMILES string of the molecule is NC1=NC(N)(c2cc(Cl)ccc2F)NC=C1. The Bertz CT molecular complexity index is 486. The van der Waals surface area contributed by atoms with Gasteiger partial charge in [-0.2, -0.15) is 0 Å². The fourth-order valence-electron chi connectivity index (χ4n) is 1.45. The van der Waals surface area contributed by atoms with Gasteiger partial charge in [-0.1, -0.05) is 11.6 Å². The van der Waals surface area contributed by atoms with Crippen molar-refractivity contribution in [3.8, 4) is 0 Å². The van der Waals surface area contributed by atoms with Crippen molar-refractivity contribution in [3.05, 3.63) is 46.9 Å². The second kappa shape index (κ2) is 3.77. The third kappa shape index (κ3) is 1.87. The van der Waals surface area contributed by atoms with E-state index < -0.39 is 11.6 Å². The van der Waals surface area contributed by atoms with Crippen molar-refractivity contribution in [1.82, 2.24) is 5.32 Å². The highest BCUT2D eigenvalue weighted by Crippen LogP contribution is 2.25. The minimum absolute atomic E-state index is 0.146. The third-order valence-corrected chi connectivity index (χ3v) is 2.44. The van der Waals surface area contributed by atoms with Crippen molar-refractivity contribution in [2.45, 2.75) is 5.79 Å². The average Bonchev–Trinajstić information content (AvgIpc) is 2.21. The van der Waals surface area contributed by atoms with Gasteiger partial charge < -0.3 is 11.1 Å². The summed E-state index contributed by atoms with van der Waals surface area (Å²) < 4.78 is 13.6. The van der Waals surface area contributed by atoms with Crippen LogP contribution in [-0.2, 0) is 5.79 Å². The molecular formula is C10H10ClFN4. The maximum Gasteiger partial charge on any atom is 0.213 e. The van der Waals surface area contributed by atoms with E-state index in [0.29, 0.717) is 5.02 Å². The molecule has 0 aromatic heterocycles. The lowest BCUT2D eigenvalue weighted by Crippen LogP contribution is -2.50. The predicted molar refractivity (Wildman–Crippen MR) is 61.2 cm³/mol. The number of amidine groups is 1. The van der Waals surface area contributed by atoms with Gasteiger partial charge in [0, 0.05) is 11.2 Å². The Kier molecular flexibility index (Phi) is 2.57. The van der Waals surface area contributed by atoms with Crippen LogP contribution in [0.3, 0.4) is 0 Å². The molecule has 1 aliphatic heterocycles. The van der Waals surface area contributed by atoms with Crippen LogP contribution < -0.4 is 16.8 Å². The molecule has 1 heterocycles. The number of nitrogens with one attached hydrogen (secondary N) is 1. The highest BCUT2D eigenvalue weighted by Gasteiger charge is 2.30.